The van der Waals surface area contributed by atoms with E-state index in [1.54, 1.807) is 6.92 Å². The molecule has 2 rings (SSSR count). The van der Waals surface area contributed by atoms with Gasteiger partial charge in [0.05, 0.1) is 10.5 Å². The van der Waals surface area contributed by atoms with Crippen molar-refractivity contribution in [1.29, 1.82) is 0 Å². The van der Waals surface area contributed by atoms with E-state index in [1.165, 1.54) is 24.5 Å². The molecule has 0 saturated carbocycles. The first kappa shape index (κ1) is 14.0. The van der Waals surface area contributed by atoms with Crippen LogP contribution in [0, 0.1) is 17.0 Å². The minimum absolute atomic E-state index is 0.0172. The summed E-state index contributed by atoms with van der Waals surface area (Å²) in [6, 6.07) is 4.04. The molecule has 0 bridgehead atoms. The highest BCUT2D eigenvalue weighted by atomic mass is 35.5. The van der Waals surface area contributed by atoms with Crippen molar-refractivity contribution < 1.29 is 9.66 Å². The van der Waals surface area contributed by atoms with Gasteiger partial charge in [-0.3, -0.25) is 10.1 Å². The molecule has 0 spiro atoms. The van der Waals surface area contributed by atoms with Crippen molar-refractivity contribution >= 4 is 23.1 Å². The van der Waals surface area contributed by atoms with Gasteiger partial charge in [0.25, 0.3) is 5.69 Å². The molecule has 3 N–H and O–H groups in total. The number of nitrogens with zero attached hydrogens (tertiary/aromatic N) is 3. The SMILES string of the molecule is Cc1c(NN)ncnc1Oc1ccc([N+](=O)[O-])c(Cl)c1. The predicted molar refractivity (Wildman–Crippen MR) is 72.8 cm³/mol. The lowest BCUT2D eigenvalue weighted by atomic mass is 10.3. The Labute approximate surface area is 118 Å². The first-order valence-electron chi connectivity index (χ1n) is 5.43. The summed E-state index contributed by atoms with van der Waals surface area (Å²) in [5, 5.41) is 10.6. The highest BCUT2D eigenvalue weighted by Gasteiger charge is 2.14. The third-order valence-electron chi connectivity index (χ3n) is 2.50. The van der Waals surface area contributed by atoms with Crippen molar-refractivity contribution in [3.63, 3.8) is 0 Å². The molecular weight excluding hydrogens is 286 g/mol. The normalized spacial score (nSPS) is 10.2. The standard InChI is InChI=1S/C11H10ClN5O3/c1-6-10(16-13)14-5-15-11(6)20-7-2-3-9(17(18)19)8(12)4-7/h2-5H,13H2,1H3,(H,14,15,16). The fourth-order valence-electron chi connectivity index (χ4n) is 1.49. The van der Waals surface area contributed by atoms with Gasteiger partial charge in [-0.25, -0.2) is 15.8 Å². The molecule has 8 nitrogen and oxygen atoms in total. The Morgan fingerprint density at radius 2 is 2.20 bits per heavy atom. The number of ether oxygens (including phenoxy) is 1. The van der Waals surface area contributed by atoms with Gasteiger partial charge in [-0.05, 0) is 13.0 Å². The summed E-state index contributed by atoms with van der Waals surface area (Å²) < 4.78 is 5.51. The second-order valence-electron chi connectivity index (χ2n) is 3.77. The maximum Gasteiger partial charge on any atom is 0.288 e. The van der Waals surface area contributed by atoms with Crippen LogP contribution in [0.5, 0.6) is 11.6 Å². The lowest BCUT2D eigenvalue weighted by Crippen LogP contribution is -2.11. The number of anilines is 1. The van der Waals surface area contributed by atoms with Crippen LogP contribution in [0.2, 0.25) is 5.02 Å². The van der Waals surface area contributed by atoms with Crippen LogP contribution in [0.3, 0.4) is 0 Å². The van der Waals surface area contributed by atoms with Crippen LogP contribution < -0.4 is 16.0 Å². The predicted octanol–water partition coefficient (Wildman–Crippen LogP) is 2.42. The molecular formula is C11H10ClN5O3. The van der Waals surface area contributed by atoms with Crippen LogP contribution in [0.25, 0.3) is 0 Å². The lowest BCUT2D eigenvalue weighted by Gasteiger charge is -2.10. The van der Waals surface area contributed by atoms with Crippen molar-refractivity contribution in [1.82, 2.24) is 9.97 Å². The molecule has 0 amide bonds. The van der Waals surface area contributed by atoms with E-state index in [1.807, 2.05) is 0 Å². The molecule has 0 aliphatic heterocycles. The number of nitro groups is 1. The molecule has 2 aromatic rings. The first-order chi connectivity index (χ1) is 9.52. The van der Waals surface area contributed by atoms with Crippen molar-refractivity contribution in [3.05, 3.63) is 45.2 Å². The van der Waals surface area contributed by atoms with Crippen molar-refractivity contribution in [2.45, 2.75) is 6.92 Å². The number of nitrogen functional groups attached to an aromatic ring is 1. The molecule has 0 unspecified atom stereocenters. The highest BCUT2D eigenvalue weighted by Crippen LogP contribution is 2.31. The van der Waals surface area contributed by atoms with Crippen molar-refractivity contribution in [2.24, 2.45) is 5.84 Å². The molecule has 1 aromatic carbocycles. The van der Waals surface area contributed by atoms with E-state index >= 15 is 0 Å². The Morgan fingerprint density at radius 3 is 2.80 bits per heavy atom. The van der Waals surface area contributed by atoms with Crippen LogP contribution in [0.4, 0.5) is 11.5 Å². The number of aromatic nitrogens is 2. The van der Waals surface area contributed by atoms with E-state index < -0.39 is 4.92 Å². The molecule has 0 aliphatic carbocycles. The maximum absolute atomic E-state index is 10.7. The highest BCUT2D eigenvalue weighted by molar-refractivity contribution is 6.32. The molecule has 0 radical (unpaired) electrons. The zero-order valence-corrected chi connectivity index (χ0v) is 11.1. The van der Waals surface area contributed by atoms with Crippen LogP contribution >= 0.6 is 11.6 Å². The second kappa shape index (κ2) is 5.68. The number of nitrogens with two attached hydrogens (primary N) is 1. The Kier molecular flexibility index (Phi) is 3.97. The summed E-state index contributed by atoms with van der Waals surface area (Å²) in [5.41, 5.74) is 2.82. The van der Waals surface area contributed by atoms with E-state index in [9.17, 15) is 10.1 Å². The number of benzene rings is 1. The van der Waals surface area contributed by atoms with Crippen LogP contribution in [-0.4, -0.2) is 14.9 Å². The molecule has 1 aromatic heterocycles. The molecule has 0 aliphatic rings. The molecule has 20 heavy (non-hydrogen) atoms. The minimum Gasteiger partial charge on any atom is -0.438 e. The van der Waals surface area contributed by atoms with Crippen LogP contribution in [-0.2, 0) is 0 Å². The van der Waals surface area contributed by atoms with Gasteiger partial charge in [-0.1, -0.05) is 11.6 Å². The van der Waals surface area contributed by atoms with E-state index in [2.05, 4.69) is 15.4 Å². The van der Waals surface area contributed by atoms with Gasteiger partial charge >= 0.3 is 0 Å². The van der Waals surface area contributed by atoms with Gasteiger partial charge < -0.3 is 10.2 Å². The zero-order chi connectivity index (χ0) is 14.7. The summed E-state index contributed by atoms with van der Waals surface area (Å²) >= 11 is 5.80. The molecule has 104 valence electrons. The number of hydrazine groups is 1. The van der Waals surface area contributed by atoms with Gasteiger partial charge in [-0.2, -0.15) is 0 Å². The fraction of sp³-hybridized carbons (Fsp3) is 0.0909. The van der Waals surface area contributed by atoms with Crippen molar-refractivity contribution in [3.8, 4) is 11.6 Å². The minimum atomic E-state index is -0.571. The lowest BCUT2D eigenvalue weighted by molar-refractivity contribution is -0.384. The number of hydrogen-bond acceptors (Lipinski definition) is 7. The maximum atomic E-state index is 10.7. The summed E-state index contributed by atoms with van der Waals surface area (Å²) in [6.07, 6.45) is 1.28. The Hall–Kier alpha value is -2.45. The molecule has 0 saturated heterocycles. The number of nitrogens with one attached hydrogen (secondary N) is 1. The molecule has 0 atom stereocenters. The van der Waals surface area contributed by atoms with E-state index in [4.69, 9.17) is 22.2 Å². The molecule has 9 heteroatoms. The Balaban J connectivity index is 2.31. The average Bonchev–Trinajstić information content (AvgIpc) is 2.41. The third-order valence-corrected chi connectivity index (χ3v) is 2.81. The smallest absolute Gasteiger partial charge is 0.288 e. The molecule has 1 heterocycles. The summed E-state index contributed by atoms with van der Waals surface area (Å²) in [7, 11) is 0. The van der Waals surface area contributed by atoms with Gasteiger partial charge in [0.1, 0.15) is 22.9 Å². The van der Waals surface area contributed by atoms with Gasteiger partial charge in [0.2, 0.25) is 5.88 Å². The van der Waals surface area contributed by atoms with Gasteiger partial charge in [0.15, 0.2) is 0 Å². The largest absolute Gasteiger partial charge is 0.438 e. The first-order valence-corrected chi connectivity index (χ1v) is 5.80. The Bertz CT molecular complexity index is 665. The number of nitro benzene ring substituents is 1. The average molecular weight is 296 g/mol. The monoisotopic (exact) mass is 295 g/mol. The quantitative estimate of drug-likeness (QED) is 0.505. The van der Waals surface area contributed by atoms with Crippen molar-refractivity contribution in [2.75, 3.05) is 5.43 Å². The van der Waals surface area contributed by atoms with E-state index in [0.717, 1.165) is 0 Å². The van der Waals surface area contributed by atoms with E-state index in [-0.39, 0.29) is 16.6 Å². The summed E-state index contributed by atoms with van der Waals surface area (Å²) in [6.45, 7) is 1.72. The number of rotatable bonds is 4. The number of halogens is 1. The van der Waals surface area contributed by atoms with Crippen LogP contribution in [0.15, 0.2) is 24.5 Å². The number of hydrogen-bond donors (Lipinski definition) is 2. The van der Waals surface area contributed by atoms with E-state index in [0.29, 0.717) is 17.1 Å². The zero-order valence-electron chi connectivity index (χ0n) is 10.3. The van der Waals surface area contributed by atoms with Gasteiger partial charge in [-0.15, -0.1) is 0 Å². The summed E-state index contributed by atoms with van der Waals surface area (Å²) in [4.78, 5) is 18.0. The van der Waals surface area contributed by atoms with Crippen LogP contribution in [0.1, 0.15) is 5.56 Å². The van der Waals surface area contributed by atoms with Gasteiger partial charge in [0, 0.05) is 12.1 Å². The summed E-state index contributed by atoms with van der Waals surface area (Å²) in [5.74, 6) is 6.32. The Morgan fingerprint density at radius 1 is 1.45 bits per heavy atom. The second-order valence-corrected chi connectivity index (χ2v) is 4.18. The fourth-order valence-corrected chi connectivity index (χ4v) is 1.73. The topological polar surface area (TPSA) is 116 Å². The third kappa shape index (κ3) is 2.76. The molecule has 0 fully saturated rings.